The van der Waals surface area contributed by atoms with Crippen molar-refractivity contribution in [3.8, 4) is 0 Å². The lowest BCUT2D eigenvalue weighted by molar-refractivity contribution is -0.154. The summed E-state index contributed by atoms with van der Waals surface area (Å²) >= 11 is 5.78. The fraction of sp³-hybridized carbons (Fsp3) is 0.158. The third-order valence-corrected chi connectivity index (χ3v) is 4.21. The average molecular weight is 402 g/mol. The highest BCUT2D eigenvalue weighted by atomic mass is 35.5. The van der Waals surface area contributed by atoms with Crippen LogP contribution < -0.4 is 16.4 Å². The molecule has 144 valence electrons. The predicted molar refractivity (Wildman–Crippen MR) is 104 cm³/mol. The molecular weight excluding hydrogens is 386 g/mol. The number of aromatic nitrogens is 2. The highest BCUT2D eigenvalue weighted by Crippen LogP contribution is 2.14. The number of ether oxygens (including phenoxy) is 1. The molecule has 0 spiro atoms. The summed E-state index contributed by atoms with van der Waals surface area (Å²) in [5.41, 5.74) is -0.547. The number of rotatable bonds is 5. The number of amides is 1. The van der Waals surface area contributed by atoms with Gasteiger partial charge in [0.2, 0.25) is 0 Å². The van der Waals surface area contributed by atoms with Crippen LogP contribution >= 0.6 is 11.6 Å². The summed E-state index contributed by atoms with van der Waals surface area (Å²) in [6, 6.07) is 12.7. The van der Waals surface area contributed by atoms with E-state index in [1.165, 1.54) is 19.1 Å². The lowest BCUT2D eigenvalue weighted by Gasteiger charge is -2.14. The number of halogens is 1. The third-order valence-electron chi connectivity index (χ3n) is 3.96. The normalized spacial score (nSPS) is 11.8. The summed E-state index contributed by atoms with van der Waals surface area (Å²) in [4.78, 5) is 48.7. The van der Waals surface area contributed by atoms with E-state index in [4.69, 9.17) is 16.3 Å². The van der Waals surface area contributed by atoms with E-state index in [1.807, 2.05) is 0 Å². The largest absolute Gasteiger partial charge is 0.451 e. The van der Waals surface area contributed by atoms with Gasteiger partial charge in [0, 0.05) is 10.7 Å². The topological polar surface area (TPSA) is 110 Å². The molecule has 1 amide bonds. The maximum absolute atomic E-state index is 12.4. The van der Waals surface area contributed by atoms with Crippen molar-refractivity contribution in [1.82, 2.24) is 9.78 Å². The fourth-order valence-electron chi connectivity index (χ4n) is 2.55. The van der Waals surface area contributed by atoms with Crippen LogP contribution in [0.3, 0.4) is 0 Å². The molecule has 2 aromatic carbocycles. The van der Waals surface area contributed by atoms with Crippen molar-refractivity contribution in [2.75, 3.05) is 5.32 Å². The summed E-state index contributed by atoms with van der Waals surface area (Å²) in [6.07, 6.45) is -1.11. The zero-order valence-electron chi connectivity index (χ0n) is 14.8. The Kier molecular flexibility index (Phi) is 5.60. The zero-order valence-corrected chi connectivity index (χ0v) is 15.5. The third kappa shape index (κ3) is 4.29. The Bertz CT molecular complexity index is 1150. The van der Waals surface area contributed by atoms with Gasteiger partial charge < -0.3 is 10.1 Å². The van der Waals surface area contributed by atoms with Gasteiger partial charge in [-0.15, -0.1) is 0 Å². The number of hydrogen-bond donors (Lipinski definition) is 2. The van der Waals surface area contributed by atoms with E-state index in [2.05, 4.69) is 10.4 Å². The Hall–Kier alpha value is -3.39. The van der Waals surface area contributed by atoms with Gasteiger partial charge in [-0.3, -0.25) is 24.3 Å². The lowest BCUT2D eigenvalue weighted by Crippen LogP contribution is -2.35. The van der Waals surface area contributed by atoms with E-state index in [0.29, 0.717) is 10.7 Å². The van der Waals surface area contributed by atoms with Crippen molar-refractivity contribution in [3.63, 3.8) is 0 Å². The molecule has 1 atom stereocenters. The van der Waals surface area contributed by atoms with Gasteiger partial charge in [0.05, 0.1) is 10.8 Å². The van der Waals surface area contributed by atoms with E-state index >= 15 is 0 Å². The Morgan fingerprint density at radius 2 is 1.75 bits per heavy atom. The van der Waals surface area contributed by atoms with Crippen molar-refractivity contribution < 1.29 is 14.3 Å². The molecule has 0 bridgehead atoms. The standard InChI is InChI=1S/C19H16ClN3O5/c1-11(17(25)21-13-8-6-12(20)7-9-13)28-16(24)10-23-19(27)15-5-3-2-4-14(15)18(26)22-23/h2-9,11H,10H2,1H3,(H,21,25)(H,22,26)/t11-/m1/s1. The zero-order chi connectivity index (χ0) is 20.3. The Morgan fingerprint density at radius 3 is 2.43 bits per heavy atom. The number of anilines is 1. The molecule has 9 heteroatoms. The van der Waals surface area contributed by atoms with Crippen molar-refractivity contribution in [3.05, 3.63) is 74.3 Å². The number of nitrogens with one attached hydrogen (secondary N) is 2. The molecule has 0 saturated carbocycles. The summed E-state index contributed by atoms with van der Waals surface area (Å²) in [7, 11) is 0. The number of hydrogen-bond acceptors (Lipinski definition) is 5. The van der Waals surface area contributed by atoms with Crippen LogP contribution in [0.5, 0.6) is 0 Å². The Labute approximate surface area is 163 Å². The minimum absolute atomic E-state index is 0.188. The Morgan fingerprint density at radius 1 is 1.11 bits per heavy atom. The number of fused-ring (bicyclic) bond motifs is 1. The molecule has 0 radical (unpaired) electrons. The molecule has 3 aromatic rings. The van der Waals surface area contributed by atoms with Gasteiger partial charge in [-0.05, 0) is 43.3 Å². The van der Waals surface area contributed by atoms with E-state index < -0.39 is 35.6 Å². The van der Waals surface area contributed by atoms with Crippen molar-refractivity contribution in [1.29, 1.82) is 0 Å². The van der Waals surface area contributed by atoms with Crippen LogP contribution in [0.2, 0.25) is 5.02 Å². The van der Waals surface area contributed by atoms with Gasteiger partial charge in [0.1, 0.15) is 6.54 Å². The molecule has 1 heterocycles. The number of benzene rings is 2. The number of aromatic amines is 1. The van der Waals surface area contributed by atoms with Crippen molar-refractivity contribution >= 4 is 39.9 Å². The molecule has 0 aliphatic carbocycles. The molecule has 0 unspecified atom stereocenters. The second-order valence-electron chi connectivity index (χ2n) is 6.01. The molecular formula is C19H16ClN3O5. The highest BCUT2D eigenvalue weighted by molar-refractivity contribution is 6.30. The molecule has 0 saturated heterocycles. The van der Waals surface area contributed by atoms with Crippen LogP contribution in [0, 0.1) is 0 Å². The summed E-state index contributed by atoms with van der Waals surface area (Å²) < 4.78 is 5.92. The van der Waals surface area contributed by atoms with Crippen LogP contribution in [0.1, 0.15) is 6.92 Å². The van der Waals surface area contributed by atoms with Crippen LogP contribution in [-0.2, 0) is 20.9 Å². The number of H-pyrrole nitrogens is 1. The minimum Gasteiger partial charge on any atom is -0.451 e. The first-order valence-electron chi connectivity index (χ1n) is 8.33. The molecule has 0 aliphatic rings. The van der Waals surface area contributed by atoms with Gasteiger partial charge in [-0.2, -0.15) is 0 Å². The van der Waals surface area contributed by atoms with Crippen LogP contribution in [0.4, 0.5) is 5.69 Å². The van der Waals surface area contributed by atoms with Crippen LogP contribution in [-0.4, -0.2) is 27.8 Å². The SMILES string of the molecule is C[C@@H](OC(=O)Cn1[nH]c(=O)c2ccccc2c1=O)C(=O)Nc1ccc(Cl)cc1. The van der Waals surface area contributed by atoms with Crippen LogP contribution in [0.25, 0.3) is 10.8 Å². The summed E-state index contributed by atoms with van der Waals surface area (Å²) in [5, 5.41) is 5.85. The van der Waals surface area contributed by atoms with Crippen molar-refractivity contribution in [2.24, 2.45) is 0 Å². The fourth-order valence-corrected chi connectivity index (χ4v) is 2.68. The maximum atomic E-state index is 12.4. The highest BCUT2D eigenvalue weighted by Gasteiger charge is 2.19. The van der Waals surface area contributed by atoms with Gasteiger partial charge in [-0.1, -0.05) is 23.7 Å². The molecule has 3 rings (SSSR count). The Balaban J connectivity index is 1.68. The molecule has 0 fully saturated rings. The second-order valence-corrected chi connectivity index (χ2v) is 6.44. The average Bonchev–Trinajstić information content (AvgIpc) is 2.67. The van der Waals surface area contributed by atoms with Crippen molar-refractivity contribution in [2.45, 2.75) is 19.6 Å². The first-order chi connectivity index (χ1) is 13.3. The van der Waals surface area contributed by atoms with Gasteiger partial charge in [0.15, 0.2) is 6.10 Å². The second kappa shape index (κ2) is 8.10. The monoisotopic (exact) mass is 401 g/mol. The molecule has 28 heavy (non-hydrogen) atoms. The predicted octanol–water partition coefficient (Wildman–Crippen LogP) is 1.91. The summed E-state index contributed by atoms with van der Waals surface area (Å²) in [5.74, 6) is -1.39. The summed E-state index contributed by atoms with van der Waals surface area (Å²) in [6.45, 7) is 0.868. The van der Waals surface area contributed by atoms with Gasteiger partial charge in [0.25, 0.3) is 17.0 Å². The first kappa shape index (κ1) is 19.4. The molecule has 1 aromatic heterocycles. The number of carbonyl (C=O) groups excluding carboxylic acids is 2. The van der Waals surface area contributed by atoms with E-state index in [-0.39, 0.29) is 10.8 Å². The number of esters is 1. The number of carbonyl (C=O) groups is 2. The smallest absolute Gasteiger partial charge is 0.328 e. The first-order valence-corrected chi connectivity index (χ1v) is 8.71. The maximum Gasteiger partial charge on any atom is 0.328 e. The number of nitrogens with zero attached hydrogens (tertiary/aromatic N) is 1. The van der Waals surface area contributed by atoms with Gasteiger partial charge >= 0.3 is 5.97 Å². The van der Waals surface area contributed by atoms with E-state index in [0.717, 1.165) is 4.68 Å². The molecule has 2 N–H and O–H groups in total. The van der Waals surface area contributed by atoms with E-state index in [1.54, 1.807) is 36.4 Å². The van der Waals surface area contributed by atoms with E-state index in [9.17, 15) is 19.2 Å². The minimum atomic E-state index is -1.11. The lowest BCUT2D eigenvalue weighted by atomic mass is 10.2. The quantitative estimate of drug-likeness (QED) is 0.634. The molecule has 8 nitrogen and oxygen atoms in total. The van der Waals surface area contributed by atoms with Crippen LogP contribution in [0.15, 0.2) is 58.1 Å². The van der Waals surface area contributed by atoms with Gasteiger partial charge in [-0.25, -0.2) is 4.68 Å². The molecule has 0 aliphatic heterocycles.